The van der Waals surface area contributed by atoms with E-state index in [1.165, 1.54) is 24.9 Å². The SMILES string of the molecule is COc1cc(C)c(-c2nc3ccccc3c(=O)n2N=Cc2cc(Br)c(OC(C)=O)c(OC)c2)cc1C(C)C. The van der Waals surface area contributed by atoms with Crippen LogP contribution in [0.5, 0.6) is 17.2 Å². The highest BCUT2D eigenvalue weighted by Crippen LogP contribution is 2.37. The maximum atomic E-state index is 13.7. The summed E-state index contributed by atoms with van der Waals surface area (Å²) in [6.45, 7) is 7.43. The van der Waals surface area contributed by atoms with Gasteiger partial charge in [-0.15, -0.1) is 0 Å². The van der Waals surface area contributed by atoms with Gasteiger partial charge in [-0.05, 0) is 81.9 Å². The quantitative estimate of drug-likeness (QED) is 0.150. The first-order valence-corrected chi connectivity index (χ1v) is 12.7. The van der Waals surface area contributed by atoms with Gasteiger partial charge in [-0.1, -0.05) is 26.0 Å². The van der Waals surface area contributed by atoms with Crippen LogP contribution < -0.4 is 19.8 Å². The minimum atomic E-state index is -0.473. The topological polar surface area (TPSA) is 92.0 Å². The molecule has 0 radical (unpaired) electrons. The number of methoxy groups -OCH3 is 2. The number of nitrogens with zero attached hydrogens (tertiary/aromatic N) is 3. The summed E-state index contributed by atoms with van der Waals surface area (Å²) in [4.78, 5) is 30.0. The molecule has 1 heterocycles. The molecular formula is C29H28BrN3O5. The molecule has 0 aliphatic heterocycles. The molecule has 0 amide bonds. The molecular weight excluding hydrogens is 550 g/mol. The highest BCUT2D eigenvalue weighted by molar-refractivity contribution is 9.10. The summed E-state index contributed by atoms with van der Waals surface area (Å²) in [5, 5.41) is 5.02. The molecule has 1 aromatic heterocycles. The van der Waals surface area contributed by atoms with Crippen LogP contribution >= 0.6 is 15.9 Å². The molecule has 0 atom stereocenters. The Morgan fingerprint density at radius 1 is 1.08 bits per heavy atom. The van der Waals surface area contributed by atoms with Crippen LogP contribution in [0.1, 0.15) is 43.4 Å². The van der Waals surface area contributed by atoms with Gasteiger partial charge in [-0.3, -0.25) is 9.59 Å². The zero-order valence-corrected chi connectivity index (χ0v) is 23.6. The average molecular weight is 578 g/mol. The fourth-order valence-electron chi connectivity index (χ4n) is 4.15. The fraction of sp³-hybridized carbons (Fsp3) is 0.241. The first kappa shape index (κ1) is 27.1. The molecule has 0 bridgehead atoms. The molecule has 0 aliphatic rings. The summed E-state index contributed by atoms with van der Waals surface area (Å²) < 4.78 is 18.1. The van der Waals surface area contributed by atoms with E-state index in [-0.39, 0.29) is 17.2 Å². The minimum absolute atomic E-state index is 0.189. The zero-order chi connectivity index (χ0) is 27.6. The van der Waals surface area contributed by atoms with Gasteiger partial charge < -0.3 is 14.2 Å². The van der Waals surface area contributed by atoms with Crippen LogP contribution in [0.3, 0.4) is 0 Å². The van der Waals surface area contributed by atoms with Gasteiger partial charge in [-0.2, -0.15) is 9.78 Å². The molecule has 0 N–H and O–H groups in total. The maximum Gasteiger partial charge on any atom is 0.308 e. The van der Waals surface area contributed by atoms with Gasteiger partial charge in [0.15, 0.2) is 17.3 Å². The second-order valence-electron chi connectivity index (χ2n) is 9.01. The molecule has 3 aromatic carbocycles. The number of benzene rings is 3. The first-order chi connectivity index (χ1) is 18.1. The molecule has 0 fully saturated rings. The van der Waals surface area contributed by atoms with E-state index < -0.39 is 5.97 Å². The van der Waals surface area contributed by atoms with Crippen molar-refractivity contribution in [2.75, 3.05) is 14.2 Å². The van der Waals surface area contributed by atoms with Gasteiger partial charge in [0, 0.05) is 12.5 Å². The summed E-state index contributed by atoms with van der Waals surface area (Å²) in [6, 6.07) is 14.5. The minimum Gasteiger partial charge on any atom is -0.496 e. The summed E-state index contributed by atoms with van der Waals surface area (Å²) in [6.07, 6.45) is 1.54. The largest absolute Gasteiger partial charge is 0.496 e. The van der Waals surface area contributed by atoms with E-state index in [9.17, 15) is 9.59 Å². The van der Waals surface area contributed by atoms with E-state index in [4.69, 9.17) is 19.2 Å². The van der Waals surface area contributed by atoms with Crippen molar-refractivity contribution in [1.82, 2.24) is 9.66 Å². The van der Waals surface area contributed by atoms with Gasteiger partial charge in [0.25, 0.3) is 5.56 Å². The maximum absolute atomic E-state index is 13.7. The van der Waals surface area contributed by atoms with Gasteiger partial charge in [-0.25, -0.2) is 4.98 Å². The third-order valence-corrected chi connectivity index (χ3v) is 6.60. The predicted molar refractivity (Wildman–Crippen MR) is 152 cm³/mol. The van der Waals surface area contributed by atoms with Crippen LogP contribution in [-0.2, 0) is 4.79 Å². The lowest BCUT2D eigenvalue weighted by Gasteiger charge is -2.17. The van der Waals surface area contributed by atoms with Crippen LogP contribution in [0.2, 0.25) is 0 Å². The highest BCUT2D eigenvalue weighted by atomic mass is 79.9. The number of carbonyl (C=O) groups excluding carboxylic acids is 1. The number of aromatic nitrogens is 2. The second kappa shape index (κ2) is 11.2. The first-order valence-electron chi connectivity index (χ1n) is 12.0. The Kier molecular flexibility index (Phi) is 7.97. The molecule has 8 nitrogen and oxygen atoms in total. The Hall–Kier alpha value is -3.98. The molecule has 9 heteroatoms. The Bertz CT molecular complexity index is 1630. The van der Waals surface area contributed by atoms with Crippen molar-refractivity contribution in [2.45, 2.75) is 33.6 Å². The number of ether oxygens (including phenoxy) is 3. The van der Waals surface area contributed by atoms with E-state index in [1.54, 1.807) is 31.4 Å². The summed E-state index contributed by atoms with van der Waals surface area (Å²) in [7, 11) is 3.12. The van der Waals surface area contributed by atoms with Crippen LogP contribution in [0.25, 0.3) is 22.3 Å². The highest BCUT2D eigenvalue weighted by Gasteiger charge is 2.19. The fourth-order valence-corrected chi connectivity index (χ4v) is 4.69. The number of rotatable bonds is 7. The Morgan fingerprint density at radius 3 is 2.45 bits per heavy atom. The second-order valence-corrected chi connectivity index (χ2v) is 9.86. The molecule has 0 saturated heterocycles. The van der Waals surface area contributed by atoms with Crippen molar-refractivity contribution in [1.29, 1.82) is 0 Å². The van der Waals surface area contributed by atoms with Crippen LogP contribution in [0.15, 0.2) is 62.9 Å². The number of esters is 1. The molecule has 0 unspecified atom stereocenters. The Balaban J connectivity index is 1.94. The molecule has 38 heavy (non-hydrogen) atoms. The Morgan fingerprint density at radius 2 is 1.79 bits per heavy atom. The Labute approximate surface area is 229 Å². The van der Waals surface area contributed by atoms with Crippen molar-refractivity contribution in [3.05, 3.63) is 80.0 Å². The summed E-state index contributed by atoms with van der Waals surface area (Å²) in [5.74, 6) is 1.51. The molecule has 196 valence electrons. The smallest absolute Gasteiger partial charge is 0.308 e. The van der Waals surface area contributed by atoms with Gasteiger partial charge in [0.2, 0.25) is 0 Å². The molecule has 4 aromatic rings. The van der Waals surface area contributed by atoms with E-state index in [1.807, 2.05) is 31.2 Å². The van der Waals surface area contributed by atoms with Gasteiger partial charge >= 0.3 is 5.97 Å². The van der Waals surface area contributed by atoms with Crippen molar-refractivity contribution < 1.29 is 19.0 Å². The van der Waals surface area contributed by atoms with Crippen LogP contribution in [0.4, 0.5) is 0 Å². The normalized spacial score (nSPS) is 11.4. The van der Waals surface area contributed by atoms with Crippen molar-refractivity contribution in [2.24, 2.45) is 5.10 Å². The van der Waals surface area contributed by atoms with Crippen molar-refractivity contribution >= 4 is 39.0 Å². The number of hydrogen-bond donors (Lipinski definition) is 0. The lowest BCUT2D eigenvalue weighted by molar-refractivity contribution is -0.132. The third kappa shape index (κ3) is 5.33. The standard InChI is InChI=1S/C29H28BrN3O5/c1-16(2)21-14-22(17(3)11-25(21)36-5)28-32-24-10-8-7-9-20(24)29(35)33(28)31-15-19-12-23(30)27(38-18(4)34)26(13-19)37-6/h7-16H,1-6H3. The monoisotopic (exact) mass is 577 g/mol. The number of fused-ring (bicyclic) bond motifs is 1. The molecule has 4 rings (SSSR count). The number of carbonyl (C=O) groups is 1. The molecule has 0 spiro atoms. The summed E-state index contributed by atoms with van der Waals surface area (Å²) >= 11 is 3.42. The van der Waals surface area contributed by atoms with E-state index in [2.05, 4.69) is 34.9 Å². The van der Waals surface area contributed by atoms with Gasteiger partial charge in [0.1, 0.15) is 5.75 Å². The van der Waals surface area contributed by atoms with E-state index in [0.717, 1.165) is 22.4 Å². The van der Waals surface area contributed by atoms with Crippen LogP contribution in [-0.4, -0.2) is 36.1 Å². The number of para-hydroxylation sites is 1. The van der Waals surface area contributed by atoms with E-state index >= 15 is 0 Å². The van der Waals surface area contributed by atoms with Crippen molar-refractivity contribution in [3.63, 3.8) is 0 Å². The lowest BCUT2D eigenvalue weighted by atomic mass is 9.96. The lowest BCUT2D eigenvalue weighted by Crippen LogP contribution is -2.20. The van der Waals surface area contributed by atoms with E-state index in [0.29, 0.717) is 32.5 Å². The number of halogens is 1. The number of aryl methyl sites for hydroxylation is 1. The summed E-state index contributed by atoms with van der Waals surface area (Å²) in [5.41, 5.74) is 3.57. The third-order valence-electron chi connectivity index (χ3n) is 6.01. The zero-order valence-electron chi connectivity index (χ0n) is 22.0. The molecule has 0 aliphatic carbocycles. The molecule has 0 saturated carbocycles. The number of hydrogen-bond acceptors (Lipinski definition) is 7. The van der Waals surface area contributed by atoms with Crippen molar-refractivity contribution in [3.8, 4) is 28.6 Å². The average Bonchev–Trinajstić information content (AvgIpc) is 2.88. The van der Waals surface area contributed by atoms with Crippen LogP contribution in [0, 0.1) is 6.92 Å². The predicted octanol–water partition coefficient (Wildman–Crippen LogP) is 6.08. The van der Waals surface area contributed by atoms with Gasteiger partial charge in [0.05, 0.1) is 35.8 Å².